The zero-order valence-corrected chi connectivity index (χ0v) is 39.4. The van der Waals surface area contributed by atoms with Crippen LogP contribution in [0.25, 0.3) is 144 Å². The fraction of sp³-hybridized carbons (Fsp3) is 0.0299. The molecule has 11 aromatic carbocycles. The maximum absolute atomic E-state index is 7.30. The molecule has 340 valence electrons. The molecule has 16 rings (SSSR count). The van der Waals surface area contributed by atoms with Crippen molar-refractivity contribution >= 4 is 87.0 Å². The zero-order valence-electron chi connectivity index (χ0n) is 39.4. The Kier molecular flexibility index (Phi) is 8.48. The molecule has 0 radical (unpaired) electrons. The second-order valence-corrected chi connectivity index (χ2v) is 19.4. The van der Waals surface area contributed by atoms with Crippen LogP contribution in [0, 0.1) is 0 Å². The summed E-state index contributed by atoms with van der Waals surface area (Å²) >= 11 is 0. The molecule has 6 heteroatoms. The van der Waals surface area contributed by atoms with Gasteiger partial charge in [-0.1, -0.05) is 170 Å². The molecule has 4 aromatic heterocycles. The normalized spacial score (nSPS) is 12.5. The molecule has 0 saturated heterocycles. The Labute approximate surface area is 418 Å². The lowest BCUT2D eigenvalue weighted by Crippen LogP contribution is -2.10. The van der Waals surface area contributed by atoms with E-state index < -0.39 is 0 Å². The molecule has 1 aliphatic rings. The van der Waals surface area contributed by atoms with Crippen LogP contribution in [0.15, 0.2) is 229 Å². The molecule has 0 unspecified atom stereocenters. The van der Waals surface area contributed by atoms with Crippen LogP contribution in [0.3, 0.4) is 0 Å². The van der Waals surface area contributed by atoms with Crippen molar-refractivity contribution in [3.63, 3.8) is 0 Å². The Morgan fingerprint density at radius 3 is 1.86 bits per heavy atom. The molecule has 0 N–H and O–H groups in total. The van der Waals surface area contributed by atoms with Gasteiger partial charge < -0.3 is 13.6 Å². The molecule has 0 fully saturated rings. The van der Waals surface area contributed by atoms with Gasteiger partial charge in [0, 0.05) is 60.6 Å². The highest BCUT2D eigenvalue weighted by molar-refractivity contribution is 6.21. The van der Waals surface area contributed by atoms with Gasteiger partial charge in [0.2, 0.25) is 0 Å². The van der Waals surface area contributed by atoms with E-state index >= 15 is 0 Å². The third kappa shape index (κ3) is 5.95. The van der Waals surface area contributed by atoms with Crippen LogP contribution in [0.4, 0.5) is 0 Å². The highest BCUT2D eigenvalue weighted by Gasteiger charge is 2.30. The van der Waals surface area contributed by atoms with Gasteiger partial charge in [0.1, 0.15) is 11.3 Å². The molecule has 0 spiro atoms. The number of hydrogen-bond donors (Lipinski definition) is 0. The van der Waals surface area contributed by atoms with Gasteiger partial charge in [-0.15, -0.1) is 0 Å². The third-order valence-corrected chi connectivity index (χ3v) is 15.4. The van der Waals surface area contributed by atoms with E-state index in [9.17, 15) is 0 Å². The van der Waals surface area contributed by atoms with Crippen molar-refractivity contribution in [2.75, 3.05) is 0 Å². The van der Waals surface area contributed by atoms with Crippen molar-refractivity contribution in [1.82, 2.24) is 24.1 Å². The van der Waals surface area contributed by atoms with Crippen LogP contribution in [0.1, 0.15) is 11.3 Å². The topological polar surface area (TPSA) is 61.7 Å². The molecule has 15 aromatic rings. The number of benzene rings is 11. The first-order valence-electron chi connectivity index (χ1n) is 25.1. The fourth-order valence-electron chi connectivity index (χ4n) is 12.2. The quantitative estimate of drug-likeness (QED) is 0.172. The van der Waals surface area contributed by atoms with Crippen molar-refractivity contribution in [2.45, 2.75) is 12.8 Å². The van der Waals surface area contributed by atoms with Crippen molar-refractivity contribution in [1.29, 1.82) is 0 Å². The second-order valence-electron chi connectivity index (χ2n) is 19.4. The highest BCUT2D eigenvalue weighted by Crippen LogP contribution is 2.48. The first-order valence-corrected chi connectivity index (χ1v) is 25.1. The summed E-state index contributed by atoms with van der Waals surface area (Å²) < 4.78 is 12.1. The van der Waals surface area contributed by atoms with Crippen molar-refractivity contribution in [2.24, 2.45) is 0 Å². The maximum Gasteiger partial charge on any atom is 0.166 e. The summed E-state index contributed by atoms with van der Waals surface area (Å²) in [6, 6.07) is 80.5. The highest BCUT2D eigenvalue weighted by atomic mass is 16.3. The second kappa shape index (κ2) is 15.4. The van der Waals surface area contributed by atoms with E-state index in [1.54, 1.807) is 0 Å². The number of fused-ring (bicyclic) bond motifs is 15. The summed E-state index contributed by atoms with van der Waals surface area (Å²) in [6.45, 7) is 0. The number of rotatable bonds is 5. The molecule has 0 aliphatic heterocycles. The average Bonchev–Trinajstić information content (AvgIpc) is 4.14. The molecule has 0 saturated carbocycles. The first-order chi connectivity index (χ1) is 36.2. The SMILES string of the molecule is c1ccc(-n2c3ccccc3c3ccc(-c4nc(-c5ccc6c(oc7ccc8ccccc8c76)c5-n5c6c(c7cc8ccccc8cc75)-c5ccccc5CC6)nc(-c5cccc6ccccc56)n4)cc32)cc1. The standard InChI is InChI=1S/C67H41N5O/c1-2-21-46(22-3-1)71-56-28-13-12-26-50(56)51-32-29-45(39-58(51)71)65-68-66(52-27-14-20-40-15-6-9-23-47(40)52)70-67(69-65)54-34-33-53-62-49-25-11-8-17-42(49)31-36-60(62)73-64(53)63(54)72-57-35-30-41-16-7-10-24-48(41)61(57)55-37-43-18-4-5-19-44(43)38-59(55)72/h1-29,31-34,36-39H,30,35H2. The minimum absolute atomic E-state index is 0.562. The van der Waals surface area contributed by atoms with E-state index in [-0.39, 0.29) is 0 Å². The Morgan fingerprint density at radius 1 is 0.370 bits per heavy atom. The lowest BCUT2D eigenvalue weighted by Gasteiger charge is -2.21. The molecule has 0 atom stereocenters. The van der Waals surface area contributed by atoms with Gasteiger partial charge in [0.05, 0.1) is 16.6 Å². The van der Waals surface area contributed by atoms with Gasteiger partial charge in [0.15, 0.2) is 23.1 Å². The first kappa shape index (κ1) is 40.1. The van der Waals surface area contributed by atoms with Crippen molar-refractivity contribution < 1.29 is 4.42 Å². The Morgan fingerprint density at radius 2 is 1.00 bits per heavy atom. The number of furan rings is 1. The lowest BCUT2D eigenvalue weighted by molar-refractivity contribution is 0.665. The van der Waals surface area contributed by atoms with Gasteiger partial charge in [0.25, 0.3) is 0 Å². The van der Waals surface area contributed by atoms with Crippen LogP contribution < -0.4 is 0 Å². The number of nitrogens with zero attached hydrogens (tertiary/aromatic N) is 5. The summed E-state index contributed by atoms with van der Waals surface area (Å²) in [5, 5.41) is 12.6. The molecule has 4 heterocycles. The van der Waals surface area contributed by atoms with Gasteiger partial charge >= 0.3 is 0 Å². The van der Waals surface area contributed by atoms with Crippen molar-refractivity contribution in [3.8, 4) is 56.7 Å². The van der Waals surface area contributed by atoms with Gasteiger partial charge in [-0.05, 0) is 111 Å². The Balaban J connectivity index is 1.04. The van der Waals surface area contributed by atoms with E-state index in [0.29, 0.717) is 17.5 Å². The Bertz CT molecular complexity index is 4800. The van der Waals surface area contributed by atoms with Crippen molar-refractivity contribution in [3.05, 3.63) is 236 Å². The van der Waals surface area contributed by atoms with Gasteiger partial charge in [-0.2, -0.15) is 0 Å². The number of aromatic nitrogens is 5. The Hall–Kier alpha value is -9.65. The zero-order chi connectivity index (χ0) is 47.7. The van der Waals surface area contributed by atoms with Crippen LogP contribution in [-0.2, 0) is 12.8 Å². The summed E-state index contributed by atoms with van der Waals surface area (Å²) in [5.74, 6) is 1.74. The van der Waals surface area contributed by atoms with Crippen LogP contribution in [0.5, 0.6) is 0 Å². The lowest BCUT2D eigenvalue weighted by atomic mass is 9.88. The number of hydrogen-bond acceptors (Lipinski definition) is 4. The largest absolute Gasteiger partial charge is 0.454 e. The number of para-hydroxylation sites is 2. The third-order valence-electron chi connectivity index (χ3n) is 15.4. The van der Waals surface area contributed by atoms with Gasteiger partial charge in [-0.25, -0.2) is 15.0 Å². The monoisotopic (exact) mass is 931 g/mol. The minimum Gasteiger partial charge on any atom is -0.454 e. The molecule has 0 amide bonds. The number of aryl methyl sites for hydroxylation is 1. The molecule has 73 heavy (non-hydrogen) atoms. The fourth-order valence-corrected chi connectivity index (χ4v) is 12.2. The molecular formula is C67H41N5O. The van der Waals surface area contributed by atoms with E-state index in [4.69, 9.17) is 19.4 Å². The predicted octanol–water partition coefficient (Wildman–Crippen LogP) is 17.0. The van der Waals surface area contributed by atoms with E-state index in [1.165, 1.54) is 49.3 Å². The van der Waals surface area contributed by atoms with Gasteiger partial charge in [-0.3, -0.25) is 0 Å². The average molecular weight is 932 g/mol. The maximum atomic E-state index is 7.30. The van der Waals surface area contributed by atoms with Crippen LogP contribution >= 0.6 is 0 Å². The summed E-state index contributed by atoms with van der Waals surface area (Å²) in [4.78, 5) is 16.7. The van der Waals surface area contributed by atoms with E-state index in [0.717, 1.165) is 101 Å². The van der Waals surface area contributed by atoms with Crippen LogP contribution in [-0.4, -0.2) is 24.1 Å². The van der Waals surface area contributed by atoms with E-state index in [1.807, 2.05) is 0 Å². The predicted molar refractivity (Wildman–Crippen MR) is 300 cm³/mol. The molecule has 0 bridgehead atoms. The van der Waals surface area contributed by atoms with Crippen LogP contribution in [0.2, 0.25) is 0 Å². The summed E-state index contributed by atoms with van der Waals surface area (Å²) in [5.41, 5.74) is 14.8. The molecule has 6 nitrogen and oxygen atoms in total. The summed E-state index contributed by atoms with van der Waals surface area (Å²) in [6.07, 6.45) is 1.76. The van der Waals surface area contributed by atoms with E-state index in [2.05, 4.69) is 234 Å². The molecular weight excluding hydrogens is 891 g/mol. The minimum atomic E-state index is 0.562. The summed E-state index contributed by atoms with van der Waals surface area (Å²) in [7, 11) is 0. The molecule has 1 aliphatic carbocycles. The smallest absolute Gasteiger partial charge is 0.166 e.